The van der Waals surface area contributed by atoms with Gasteiger partial charge in [0.1, 0.15) is 5.82 Å². The summed E-state index contributed by atoms with van der Waals surface area (Å²) in [7, 11) is 3.95. The highest BCUT2D eigenvalue weighted by Gasteiger charge is 2.31. The lowest BCUT2D eigenvalue weighted by Gasteiger charge is -2.13. The second-order valence-electron chi connectivity index (χ2n) is 7.96. The molecule has 1 heterocycles. The Hall–Kier alpha value is -3.33. The third-order valence-electron chi connectivity index (χ3n) is 5.03. The number of carbonyl (C=O) groups excluding carboxylic acids is 2. The van der Waals surface area contributed by atoms with Gasteiger partial charge >= 0.3 is 0 Å². The number of anilines is 3. The molecular formula is C23H26N6O2S. The molecule has 0 bridgehead atoms. The number of nitrogens with zero attached hydrogens (tertiary/aromatic N) is 4. The Labute approximate surface area is 191 Å². The van der Waals surface area contributed by atoms with Crippen molar-refractivity contribution in [1.29, 1.82) is 0 Å². The molecule has 8 nitrogen and oxygen atoms in total. The van der Waals surface area contributed by atoms with Crippen LogP contribution in [0.5, 0.6) is 0 Å². The van der Waals surface area contributed by atoms with E-state index >= 15 is 0 Å². The van der Waals surface area contributed by atoms with E-state index in [1.807, 2.05) is 72.1 Å². The van der Waals surface area contributed by atoms with Crippen LogP contribution in [0.3, 0.4) is 0 Å². The number of rotatable bonds is 8. The molecule has 1 aliphatic rings. The third kappa shape index (κ3) is 5.28. The van der Waals surface area contributed by atoms with E-state index in [1.54, 1.807) is 0 Å². The van der Waals surface area contributed by atoms with E-state index in [0.29, 0.717) is 16.8 Å². The Morgan fingerprint density at radius 3 is 2.47 bits per heavy atom. The van der Waals surface area contributed by atoms with Crippen LogP contribution in [0.25, 0.3) is 5.69 Å². The largest absolute Gasteiger partial charge is 0.378 e. The van der Waals surface area contributed by atoms with Crippen LogP contribution in [0.2, 0.25) is 0 Å². The van der Waals surface area contributed by atoms with Crippen LogP contribution < -0.4 is 15.5 Å². The van der Waals surface area contributed by atoms with Crippen molar-refractivity contribution in [2.24, 2.45) is 0 Å². The summed E-state index contributed by atoms with van der Waals surface area (Å²) in [6.45, 7) is 1.48. The Morgan fingerprint density at radius 1 is 1.06 bits per heavy atom. The first-order valence-electron chi connectivity index (χ1n) is 10.4. The van der Waals surface area contributed by atoms with E-state index in [-0.39, 0.29) is 17.6 Å². The summed E-state index contributed by atoms with van der Waals surface area (Å²) in [5, 5.41) is 15.2. The number of nitrogens with one attached hydrogen (secondary N) is 2. The Bertz CT molecular complexity index is 1120. The third-order valence-corrected chi connectivity index (χ3v) is 5.95. The normalized spacial score (nSPS) is 13.0. The van der Waals surface area contributed by atoms with Crippen LogP contribution in [0.1, 0.15) is 31.5 Å². The smallest absolute Gasteiger partial charge is 0.234 e. The SMILES string of the molecule is CC(=O)Nc1cccc(-n2c(SCC(=O)Nc3ccc(N(C)C)cc3)nnc2C2CC2)c1. The van der Waals surface area contributed by atoms with Crippen molar-refractivity contribution in [3.05, 3.63) is 54.4 Å². The number of aromatic nitrogens is 3. The van der Waals surface area contributed by atoms with Gasteiger partial charge in [-0.05, 0) is 55.3 Å². The van der Waals surface area contributed by atoms with E-state index in [4.69, 9.17) is 0 Å². The van der Waals surface area contributed by atoms with Gasteiger partial charge in [-0.1, -0.05) is 17.8 Å². The lowest BCUT2D eigenvalue weighted by molar-refractivity contribution is -0.114. The quantitative estimate of drug-likeness (QED) is 0.506. The molecule has 2 N–H and O–H groups in total. The maximum Gasteiger partial charge on any atom is 0.234 e. The van der Waals surface area contributed by atoms with Crippen molar-refractivity contribution < 1.29 is 9.59 Å². The summed E-state index contributed by atoms with van der Waals surface area (Å²) < 4.78 is 1.99. The molecule has 166 valence electrons. The topological polar surface area (TPSA) is 92.2 Å². The molecule has 1 aliphatic carbocycles. The second kappa shape index (κ2) is 9.44. The van der Waals surface area contributed by atoms with Crippen molar-refractivity contribution in [1.82, 2.24) is 14.8 Å². The van der Waals surface area contributed by atoms with Crippen LogP contribution in [0, 0.1) is 0 Å². The average Bonchev–Trinajstić information content (AvgIpc) is 3.51. The van der Waals surface area contributed by atoms with E-state index in [2.05, 4.69) is 20.8 Å². The summed E-state index contributed by atoms with van der Waals surface area (Å²) in [5.41, 5.74) is 3.40. The number of carbonyl (C=O) groups is 2. The molecule has 0 unspecified atom stereocenters. The lowest BCUT2D eigenvalue weighted by Crippen LogP contribution is -2.15. The summed E-state index contributed by atoms with van der Waals surface area (Å²) >= 11 is 1.34. The highest BCUT2D eigenvalue weighted by Crippen LogP contribution is 2.41. The van der Waals surface area contributed by atoms with Crippen LogP contribution in [0.4, 0.5) is 17.1 Å². The zero-order valence-corrected chi connectivity index (χ0v) is 19.1. The minimum absolute atomic E-state index is 0.109. The summed E-state index contributed by atoms with van der Waals surface area (Å²) in [6, 6.07) is 15.3. The molecular weight excluding hydrogens is 424 g/mol. The first-order chi connectivity index (χ1) is 15.4. The van der Waals surface area contributed by atoms with Gasteiger partial charge in [-0.25, -0.2) is 0 Å². The number of hydrogen-bond acceptors (Lipinski definition) is 6. The van der Waals surface area contributed by atoms with Gasteiger partial charge in [-0.3, -0.25) is 14.2 Å². The van der Waals surface area contributed by atoms with Gasteiger partial charge in [0.2, 0.25) is 11.8 Å². The fourth-order valence-corrected chi connectivity index (χ4v) is 4.08. The lowest BCUT2D eigenvalue weighted by atomic mass is 10.2. The molecule has 0 aliphatic heterocycles. The van der Waals surface area contributed by atoms with E-state index in [0.717, 1.165) is 35.7 Å². The maximum atomic E-state index is 12.5. The minimum Gasteiger partial charge on any atom is -0.378 e. The van der Waals surface area contributed by atoms with Gasteiger partial charge in [-0.2, -0.15) is 0 Å². The highest BCUT2D eigenvalue weighted by atomic mass is 32.2. The Balaban J connectivity index is 1.48. The zero-order valence-electron chi connectivity index (χ0n) is 18.3. The fourth-order valence-electron chi connectivity index (χ4n) is 3.32. The van der Waals surface area contributed by atoms with Gasteiger partial charge in [0.05, 0.1) is 11.4 Å². The van der Waals surface area contributed by atoms with Crippen LogP contribution in [0.15, 0.2) is 53.7 Å². The molecule has 4 rings (SSSR count). The highest BCUT2D eigenvalue weighted by molar-refractivity contribution is 7.99. The first kappa shape index (κ1) is 21.9. The molecule has 0 radical (unpaired) electrons. The minimum atomic E-state index is -0.127. The van der Waals surface area contributed by atoms with Gasteiger partial charge in [-0.15, -0.1) is 10.2 Å². The molecule has 3 aromatic rings. The molecule has 9 heteroatoms. The van der Waals surface area contributed by atoms with E-state index in [9.17, 15) is 9.59 Å². The van der Waals surface area contributed by atoms with Crippen molar-refractivity contribution >= 4 is 40.6 Å². The van der Waals surface area contributed by atoms with Crippen molar-refractivity contribution in [3.63, 3.8) is 0 Å². The average molecular weight is 451 g/mol. The predicted octanol–water partition coefficient (Wildman–Crippen LogP) is 3.90. The van der Waals surface area contributed by atoms with Gasteiger partial charge in [0, 0.05) is 44.0 Å². The molecule has 2 amide bonds. The van der Waals surface area contributed by atoms with Crippen molar-refractivity contribution in [3.8, 4) is 5.69 Å². The molecule has 32 heavy (non-hydrogen) atoms. The van der Waals surface area contributed by atoms with Crippen LogP contribution >= 0.6 is 11.8 Å². The summed E-state index contributed by atoms with van der Waals surface area (Å²) in [4.78, 5) is 26.0. The van der Waals surface area contributed by atoms with E-state index < -0.39 is 0 Å². The van der Waals surface area contributed by atoms with Gasteiger partial charge < -0.3 is 15.5 Å². The van der Waals surface area contributed by atoms with Gasteiger partial charge in [0.25, 0.3) is 0 Å². The fraction of sp³-hybridized carbons (Fsp3) is 0.304. The van der Waals surface area contributed by atoms with Gasteiger partial charge in [0.15, 0.2) is 5.16 Å². The molecule has 0 saturated heterocycles. The monoisotopic (exact) mass is 450 g/mol. The number of benzene rings is 2. The number of amides is 2. The molecule has 0 atom stereocenters. The van der Waals surface area contributed by atoms with Crippen molar-refractivity contribution in [2.75, 3.05) is 35.4 Å². The van der Waals surface area contributed by atoms with Crippen molar-refractivity contribution in [2.45, 2.75) is 30.8 Å². The maximum absolute atomic E-state index is 12.5. The first-order valence-corrected chi connectivity index (χ1v) is 11.4. The second-order valence-corrected chi connectivity index (χ2v) is 8.90. The standard InChI is InChI=1S/C23H26N6O2S/c1-15(30)24-18-5-4-6-20(13-18)29-22(16-7-8-16)26-27-23(29)32-14-21(31)25-17-9-11-19(12-10-17)28(2)3/h4-6,9-13,16H,7-8,14H2,1-3H3,(H,24,30)(H,25,31). The van der Waals surface area contributed by atoms with Crippen LogP contribution in [-0.4, -0.2) is 46.4 Å². The molecule has 1 fully saturated rings. The Kier molecular flexibility index (Phi) is 6.45. The molecule has 1 aromatic heterocycles. The summed E-state index contributed by atoms with van der Waals surface area (Å²) in [5.74, 6) is 1.25. The molecule has 1 saturated carbocycles. The number of thioether (sulfide) groups is 1. The van der Waals surface area contributed by atoms with Crippen LogP contribution in [-0.2, 0) is 9.59 Å². The Morgan fingerprint density at radius 2 is 1.81 bits per heavy atom. The predicted molar refractivity (Wildman–Crippen MR) is 128 cm³/mol. The van der Waals surface area contributed by atoms with E-state index in [1.165, 1.54) is 18.7 Å². The summed E-state index contributed by atoms with van der Waals surface area (Å²) in [6.07, 6.45) is 2.16. The molecule has 0 spiro atoms. The molecule has 2 aromatic carbocycles. The number of hydrogen-bond donors (Lipinski definition) is 2. The zero-order chi connectivity index (χ0) is 22.7.